The maximum atomic E-state index is 10.5. The topological polar surface area (TPSA) is 57.0 Å². The molecule has 54 valence electrons. The van der Waals surface area contributed by atoms with Crippen LogP contribution in [0.2, 0.25) is 0 Å². The fourth-order valence-corrected chi connectivity index (χ4v) is 0.558. The smallest absolute Gasteiger partial charge is 0.329 e. The maximum Gasteiger partial charge on any atom is 0.329 e. The molecule has 10 heavy (non-hydrogen) atoms. The fraction of sp³-hybridized carbons (Fsp3) is 0.250. The molecule has 0 aliphatic rings. The summed E-state index contributed by atoms with van der Waals surface area (Å²) in [5, 5.41) is 3.70. The van der Waals surface area contributed by atoms with E-state index in [1.807, 2.05) is 9.47 Å². The molecule has 0 saturated carbocycles. The standard InChI is InChI=1S/C4H6N3O2P/c8-4(9-10)1-7-3-5-2-6-7/h2-3H,1,10H2. The Morgan fingerprint density at radius 1 is 1.80 bits per heavy atom. The lowest BCUT2D eigenvalue weighted by atomic mass is 10.7. The van der Waals surface area contributed by atoms with Gasteiger partial charge >= 0.3 is 5.97 Å². The quantitative estimate of drug-likeness (QED) is 0.551. The minimum Gasteiger partial charge on any atom is -0.450 e. The van der Waals surface area contributed by atoms with Crippen LogP contribution < -0.4 is 0 Å². The summed E-state index contributed by atoms with van der Waals surface area (Å²) in [6.07, 6.45) is 2.80. The molecule has 5 nitrogen and oxygen atoms in total. The highest BCUT2D eigenvalue weighted by Gasteiger charge is 2.00. The van der Waals surface area contributed by atoms with Crippen LogP contribution in [-0.2, 0) is 15.9 Å². The molecule has 1 heterocycles. The van der Waals surface area contributed by atoms with Gasteiger partial charge in [-0.1, -0.05) is 0 Å². The molecule has 0 N–H and O–H groups in total. The summed E-state index contributed by atoms with van der Waals surface area (Å²) in [6, 6.07) is 0. The van der Waals surface area contributed by atoms with Crippen molar-refractivity contribution in [2.75, 3.05) is 0 Å². The van der Waals surface area contributed by atoms with E-state index in [0.717, 1.165) is 0 Å². The molecule has 6 heteroatoms. The SMILES string of the molecule is O=C(Cn1cncn1)OP. The van der Waals surface area contributed by atoms with Crippen molar-refractivity contribution in [3.05, 3.63) is 12.7 Å². The molecule has 0 aromatic carbocycles. The summed E-state index contributed by atoms with van der Waals surface area (Å²) in [4.78, 5) is 14.2. The Kier molecular flexibility index (Phi) is 2.34. The normalized spacial score (nSPS) is 9.30. The predicted molar refractivity (Wildman–Crippen MR) is 35.8 cm³/mol. The van der Waals surface area contributed by atoms with Crippen molar-refractivity contribution in [2.45, 2.75) is 6.54 Å². The number of rotatable bonds is 2. The molecule has 1 rings (SSSR count). The van der Waals surface area contributed by atoms with Crippen LogP contribution in [0.4, 0.5) is 0 Å². The molecule has 1 aromatic heterocycles. The molecule has 1 unspecified atom stereocenters. The van der Waals surface area contributed by atoms with Crippen molar-refractivity contribution in [3.63, 3.8) is 0 Å². The minimum absolute atomic E-state index is 0.101. The van der Waals surface area contributed by atoms with Crippen LogP contribution in [-0.4, -0.2) is 20.7 Å². The van der Waals surface area contributed by atoms with Crippen molar-refractivity contribution in [2.24, 2.45) is 0 Å². The number of carbonyl (C=O) groups is 1. The molecule has 0 bridgehead atoms. The van der Waals surface area contributed by atoms with E-state index in [2.05, 4.69) is 14.6 Å². The molecular weight excluding hydrogens is 153 g/mol. The van der Waals surface area contributed by atoms with Gasteiger partial charge in [-0.15, -0.1) is 0 Å². The van der Waals surface area contributed by atoms with Gasteiger partial charge in [0.25, 0.3) is 0 Å². The van der Waals surface area contributed by atoms with Gasteiger partial charge < -0.3 is 4.52 Å². The van der Waals surface area contributed by atoms with E-state index in [1.165, 1.54) is 17.3 Å². The molecule has 0 aliphatic heterocycles. The summed E-state index contributed by atoms with van der Waals surface area (Å²) < 4.78 is 5.69. The molecule has 0 amide bonds. The van der Waals surface area contributed by atoms with Crippen LogP contribution in [0, 0.1) is 0 Å². The van der Waals surface area contributed by atoms with E-state index in [4.69, 9.17) is 0 Å². The Morgan fingerprint density at radius 3 is 3.10 bits per heavy atom. The summed E-state index contributed by atoms with van der Waals surface area (Å²) in [7, 11) is 1.87. The molecule has 1 aromatic rings. The summed E-state index contributed by atoms with van der Waals surface area (Å²) in [5.74, 6) is -0.365. The van der Waals surface area contributed by atoms with Crippen molar-refractivity contribution < 1.29 is 9.32 Å². The second-order valence-corrected chi connectivity index (χ2v) is 1.82. The highest BCUT2D eigenvalue weighted by atomic mass is 31.0. The van der Waals surface area contributed by atoms with Gasteiger partial charge in [-0.2, -0.15) is 5.10 Å². The van der Waals surface area contributed by atoms with E-state index in [-0.39, 0.29) is 12.5 Å². The first kappa shape index (κ1) is 7.15. The third kappa shape index (κ3) is 1.77. The Morgan fingerprint density at radius 2 is 2.60 bits per heavy atom. The van der Waals surface area contributed by atoms with E-state index < -0.39 is 0 Å². The Hall–Kier alpha value is -0.960. The lowest BCUT2D eigenvalue weighted by Gasteiger charge is -1.95. The zero-order valence-corrected chi connectivity index (χ0v) is 6.25. The van der Waals surface area contributed by atoms with Crippen LogP contribution in [0.3, 0.4) is 0 Å². The lowest BCUT2D eigenvalue weighted by Crippen LogP contribution is -2.09. The molecule has 0 radical (unpaired) electrons. The average Bonchev–Trinajstić information content (AvgIpc) is 2.40. The van der Waals surface area contributed by atoms with E-state index in [1.54, 1.807) is 0 Å². The van der Waals surface area contributed by atoms with Crippen LogP contribution in [0.15, 0.2) is 12.7 Å². The highest BCUT2D eigenvalue weighted by molar-refractivity contribution is 7.10. The predicted octanol–water partition coefficient (Wildman–Crippen LogP) is -0.389. The third-order valence-corrected chi connectivity index (χ3v) is 1.15. The Bertz CT molecular complexity index is 210. The monoisotopic (exact) mass is 159 g/mol. The number of hydrogen-bond acceptors (Lipinski definition) is 4. The van der Waals surface area contributed by atoms with Crippen LogP contribution in [0.25, 0.3) is 0 Å². The third-order valence-electron chi connectivity index (χ3n) is 0.889. The van der Waals surface area contributed by atoms with Crippen molar-refractivity contribution in [1.29, 1.82) is 0 Å². The second kappa shape index (κ2) is 3.27. The van der Waals surface area contributed by atoms with Gasteiger partial charge in [0.1, 0.15) is 19.2 Å². The van der Waals surface area contributed by atoms with E-state index in [0.29, 0.717) is 0 Å². The molecule has 1 atom stereocenters. The van der Waals surface area contributed by atoms with Gasteiger partial charge in [0.2, 0.25) is 0 Å². The molecular formula is C4H6N3O2P. The molecule has 0 fully saturated rings. The van der Waals surface area contributed by atoms with Gasteiger partial charge in [0.15, 0.2) is 0 Å². The molecule has 0 spiro atoms. The zero-order chi connectivity index (χ0) is 7.40. The van der Waals surface area contributed by atoms with Gasteiger partial charge in [-0.3, -0.25) is 0 Å². The first-order valence-electron chi connectivity index (χ1n) is 2.55. The molecule has 0 saturated heterocycles. The largest absolute Gasteiger partial charge is 0.450 e. The summed E-state index contributed by atoms with van der Waals surface area (Å²) >= 11 is 0. The molecule has 0 aliphatic carbocycles. The van der Waals surface area contributed by atoms with Gasteiger partial charge in [0, 0.05) is 0 Å². The first-order valence-corrected chi connectivity index (χ1v) is 3.02. The maximum absolute atomic E-state index is 10.5. The van der Waals surface area contributed by atoms with Crippen molar-refractivity contribution in [1.82, 2.24) is 14.8 Å². The van der Waals surface area contributed by atoms with Crippen LogP contribution in [0.1, 0.15) is 0 Å². The van der Waals surface area contributed by atoms with Crippen molar-refractivity contribution >= 4 is 15.4 Å². The lowest BCUT2D eigenvalue weighted by molar-refractivity contribution is -0.134. The zero-order valence-electron chi connectivity index (χ0n) is 5.10. The van der Waals surface area contributed by atoms with Gasteiger partial charge in [-0.25, -0.2) is 14.5 Å². The number of carbonyl (C=O) groups excluding carboxylic acids is 1. The number of hydrogen-bond donors (Lipinski definition) is 0. The first-order chi connectivity index (χ1) is 4.83. The van der Waals surface area contributed by atoms with Gasteiger partial charge in [0.05, 0.1) is 9.47 Å². The van der Waals surface area contributed by atoms with Crippen LogP contribution >= 0.6 is 9.47 Å². The number of aromatic nitrogens is 3. The summed E-state index contributed by atoms with van der Waals surface area (Å²) in [6.45, 7) is 0.101. The average molecular weight is 159 g/mol. The van der Waals surface area contributed by atoms with Gasteiger partial charge in [-0.05, 0) is 0 Å². The fourth-order valence-electron chi connectivity index (χ4n) is 0.484. The summed E-state index contributed by atoms with van der Waals surface area (Å²) in [5.41, 5.74) is 0. The van der Waals surface area contributed by atoms with Crippen molar-refractivity contribution in [3.8, 4) is 0 Å². The van der Waals surface area contributed by atoms with Crippen LogP contribution in [0.5, 0.6) is 0 Å². The minimum atomic E-state index is -0.365. The highest BCUT2D eigenvalue weighted by Crippen LogP contribution is 1.89. The van der Waals surface area contributed by atoms with E-state index in [9.17, 15) is 4.79 Å². The number of nitrogens with zero attached hydrogens (tertiary/aromatic N) is 3. The Balaban J connectivity index is 2.48. The van der Waals surface area contributed by atoms with E-state index >= 15 is 0 Å². The Labute approximate surface area is 59.7 Å². The second-order valence-electron chi connectivity index (χ2n) is 1.58.